The number of amides is 2. The van der Waals surface area contributed by atoms with Crippen molar-refractivity contribution in [1.29, 1.82) is 0 Å². The molecule has 0 saturated carbocycles. The summed E-state index contributed by atoms with van der Waals surface area (Å²) in [5, 5.41) is 30.7. The number of rotatable bonds is 5. The molecule has 0 spiro atoms. The third kappa shape index (κ3) is 3.93. The average molecular weight is 291 g/mol. The van der Waals surface area contributed by atoms with E-state index in [-0.39, 0.29) is 17.0 Å². The van der Waals surface area contributed by atoms with Crippen molar-refractivity contribution >= 4 is 17.7 Å². The second-order valence-electron chi connectivity index (χ2n) is 4.08. The second kappa shape index (κ2) is 6.37. The summed E-state index contributed by atoms with van der Waals surface area (Å²) in [4.78, 5) is 22.5. The minimum atomic E-state index is -1.28. The van der Waals surface area contributed by atoms with Crippen molar-refractivity contribution in [3.05, 3.63) is 36.2 Å². The molecule has 2 amide bonds. The van der Waals surface area contributed by atoms with Gasteiger partial charge in [0.05, 0.1) is 12.7 Å². The van der Waals surface area contributed by atoms with E-state index in [0.29, 0.717) is 13.1 Å². The average Bonchev–Trinajstić information content (AvgIpc) is 2.94. The molecular formula is C12H13N5O4. The summed E-state index contributed by atoms with van der Waals surface area (Å²) in [5.41, 5.74) is -0.0149. The van der Waals surface area contributed by atoms with Gasteiger partial charge < -0.3 is 20.8 Å². The monoisotopic (exact) mass is 291 g/mol. The normalized spacial score (nSPS) is 10.1. The molecule has 110 valence electrons. The van der Waals surface area contributed by atoms with Crippen LogP contribution in [0.15, 0.2) is 30.6 Å². The van der Waals surface area contributed by atoms with Crippen molar-refractivity contribution in [3.63, 3.8) is 0 Å². The van der Waals surface area contributed by atoms with E-state index in [1.807, 2.05) is 0 Å². The number of aromatic carboxylic acids is 1. The van der Waals surface area contributed by atoms with Crippen LogP contribution in [0, 0.1) is 0 Å². The Morgan fingerprint density at radius 3 is 2.81 bits per heavy atom. The van der Waals surface area contributed by atoms with Gasteiger partial charge in [-0.2, -0.15) is 0 Å². The molecule has 0 radical (unpaired) electrons. The minimum absolute atomic E-state index is 0.267. The molecule has 2 aromatic rings. The van der Waals surface area contributed by atoms with Crippen molar-refractivity contribution in [2.24, 2.45) is 0 Å². The maximum Gasteiger partial charge on any atom is 0.339 e. The molecule has 1 aromatic carbocycles. The van der Waals surface area contributed by atoms with Crippen LogP contribution in [0.4, 0.5) is 10.5 Å². The van der Waals surface area contributed by atoms with Crippen LogP contribution >= 0.6 is 0 Å². The second-order valence-corrected chi connectivity index (χ2v) is 4.08. The van der Waals surface area contributed by atoms with Crippen molar-refractivity contribution in [3.8, 4) is 5.75 Å². The molecule has 2 rings (SSSR count). The summed E-state index contributed by atoms with van der Waals surface area (Å²) in [6.07, 6.45) is 3.20. The molecule has 0 fully saturated rings. The quantitative estimate of drug-likeness (QED) is 0.594. The van der Waals surface area contributed by atoms with E-state index in [2.05, 4.69) is 20.9 Å². The number of hydrogen-bond acceptors (Lipinski definition) is 5. The van der Waals surface area contributed by atoms with E-state index in [0.717, 1.165) is 0 Å². The van der Waals surface area contributed by atoms with Crippen LogP contribution in [0.1, 0.15) is 10.4 Å². The molecule has 1 aromatic heterocycles. The molecular weight excluding hydrogens is 278 g/mol. The zero-order valence-electron chi connectivity index (χ0n) is 10.9. The van der Waals surface area contributed by atoms with E-state index < -0.39 is 12.0 Å². The van der Waals surface area contributed by atoms with Crippen LogP contribution in [0.3, 0.4) is 0 Å². The molecule has 0 saturated heterocycles. The maximum absolute atomic E-state index is 11.6. The molecule has 0 bridgehead atoms. The lowest BCUT2D eigenvalue weighted by atomic mass is 10.2. The number of aromatic nitrogens is 3. The molecule has 9 heteroatoms. The van der Waals surface area contributed by atoms with Crippen molar-refractivity contribution < 1.29 is 19.8 Å². The lowest BCUT2D eigenvalue weighted by Crippen LogP contribution is -2.31. The highest BCUT2D eigenvalue weighted by Gasteiger charge is 2.11. The van der Waals surface area contributed by atoms with Gasteiger partial charge in [-0.1, -0.05) is 5.21 Å². The zero-order chi connectivity index (χ0) is 15.2. The van der Waals surface area contributed by atoms with Gasteiger partial charge in [-0.15, -0.1) is 5.10 Å². The van der Waals surface area contributed by atoms with Gasteiger partial charge in [0.15, 0.2) is 0 Å². The lowest BCUT2D eigenvalue weighted by Gasteiger charge is -2.08. The number of nitrogens with zero attached hydrogens (tertiary/aromatic N) is 3. The van der Waals surface area contributed by atoms with Gasteiger partial charge in [-0.05, 0) is 18.2 Å². The highest BCUT2D eigenvalue weighted by Crippen LogP contribution is 2.21. The van der Waals surface area contributed by atoms with Crippen molar-refractivity contribution in [2.45, 2.75) is 6.54 Å². The van der Waals surface area contributed by atoms with Gasteiger partial charge in [0, 0.05) is 18.4 Å². The Bertz CT molecular complexity index is 641. The summed E-state index contributed by atoms with van der Waals surface area (Å²) in [5.74, 6) is -1.64. The van der Waals surface area contributed by atoms with Crippen LogP contribution in [0.5, 0.6) is 5.75 Å². The summed E-state index contributed by atoms with van der Waals surface area (Å²) in [6, 6.07) is 3.29. The summed E-state index contributed by atoms with van der Waals surface area (Å²) in [7, 11) is 0. The number of carbonyl (C=O) groups is 2. The lowest BCUT2D eigenvalue weighted by molar-refractivity contribution is 0.0693. The number of nitrogens with one attached hydrogen (secondary N) is 2. The number of anilines is 1. The Hall–Kier alpha value is -3.10. The number of carboxylic acid groups (broad SMARTS) is 1. The molecule has 4 N–H and O–H groups in total. The van der Waals surface area contributed by atoms with Gasteiger partial charge in [0.1, 0.15) is 11.3 Å². The van der Waals surface area contributed by atoms with E-state index in [1.165, 1.54) is 24.4 Å². The predicted octanol–water partition coefficient (Wildman–Crippen LogP) is 0.504. The fourth-order valence-electron chi connectivity index (χ4n) is 1.60. The molecule has 0 unspecified atom stereocenters. The molecule has 1 heterocycles. The number of carbonyl (C=O) groups excluding carboxylic acids is 1. The molecule has 0 aliphatic rings. The largest absolute Gasteiger partial charge is 0.507 e. The number of urea groups is 1. The van der Waals surface area contributed by atoms with E-state index >= 15 is 0 Å². The van der Waals surface area contributed by atoms with Crippen LogP contribution in [-0.2, 0) is 6.54 Å². The topological polar surface area (TPSA) is 129 Å². The number of hydrogen-bond donors (Lipinski definition) is 4. The maximum atomic E-state index is 11.6. The fraction of sp³-hybridized carbons (Fsp3) is 0.167. The summed E-state index contributed by atoms with van der Waals surface area (Å²) < 4.78 is 1.56. The van der Waals surface area contributed by atoms with Gasteiger partial charge in [-0.3, -0.25) is 4.68 Å². The van der Waals surface area contributed by atoms with Crippen LogP contribution < -0.4 is 10.6 Å². The Kier molecular flexibility index (Phi) is 4.34. The summed E-state index contributed by atoms with van der Waals surface area (Å²) >= 11 is 0. The Balaban J connectivity index is 1.87. The number of benzene rings is 1. The Morgan fingerprint density at radius 1 is 1.33 bits per heavy atom. The molecule has 9 nitrogen and oxygen atoms in total. The van der Waals surface area contributed by atoms with Crippen LogP contribution in [0.2, 0.25) is 0 Å². The van der Waals surface area contributed by atoms with E-state index in [4.69, 9.17) is 5.11 Å². The fourth-order valence-corrected chi connectivity index (χ4v) is 1.60. The first kappa shape index (κ1) is 14.3. The SMILES string of the molecule is O=C(NCCn1ccnn1)Nc1ccc(O)c(C(=O)O)c1. The van der Waals surface area contributed by atoms with Crippen LogP contribution in [-0.4, -0.2) is 43.8 Å². The number of carboxylic acids is 1. The Labute approximate surface area is 119 Å². The first-order valence-corrected chi connectivity index (χ1v) is 6.01. The first-order valence-electron chi connectivity index (χ1n) is 6.01. The zero-order valence-corrected chi connectivity index (χ0v) is 10.9. The molecule has 0 aliphatic heterocycles. The molecule has 21 heavy (non-hydrogen) atoms. The summed E-state index contributed by atoms with van der Waals surface area (Å²) in [6.45, 7) is 0.794. The highest BCUT2D eigenvalue weighted by molar-refractivity contribution is 5.95. The number of aromatic hydroxyl groups is 1. The van der Waals surface area contributed by atoms with Crippen molar-refractivity contribution in [1.82, 2.24) is 20.3 Å². The van der Waals surface area contributed by atoms with Crippen LogP contribution in [0.25, 0.3) is 0 Å². The van der Waals surface area contributed by atoms with E-state index in [9.17, 15) is 14.7 Å². The third-order valence-electron chi connectivity index (χ3n) is 2.58. The molecule has 0 aliphatic carbocycles. The predicted molar refractivity (Wildman–Crippen MR) is 72.1 cm³/mol. The number of phenols is 1. The van der Waals surface area contributed by atoms with Gasteiger partial charge in [0.2, 0.25) is 0 Å². The third-order valence-corrected chi connectivity index (χ3v) is 2.58. The van der Waals surface area contributed by atoms with Gasteiger partial charge >= 0.3 is 12.0 Å². The first-order chi connectivity index (χ1) is 10.1. The minimum Gasteiger partial charge on any atom is -0.507 e. The Morgan fingerprint density at radius 2 is 2.14 bits per heavy atom. The smallest absolute Gasteiger partial charge is 0.339 e. The molecule has 0 atom stereocenters. The highest BCUT2D eigenvalue weighted by atomic mass is 16.4. The standard InChI is InChI=1S/C12H13N5O4/c18-10-2-1-8(7-9(10)11(19)20)15-12(21)13-3-5-17-6-4-14-16-17/h1-2,4,6-7,18H,3,5H2,(H,19,20)(H2,13,15,21). The van der Waals surface area contributed by atoms with Gasteiger partial charge in [0.25, 0.3) is 0 Å². The van der Waals surface area contributed by atoms with Gasteiger partial charge in [-0.25, -0.2) is 9.59 Å². The van der Waals surface area contributed by atoms with Crippen molar-refractivity contribution in [2.75, 3.05) is 11.9 Å². The van der Waals surface area contributed by atoms with E-state index in [1.54, 1.807) is 10.9 Å².